The first-order valence-corrected chi connectivity index (χ1v) is 3.00. The fourth-order valence-electron chi connectivity index (χ4n) is 0.803. The molecule has 2 unspecified atom stereocenters. The Kier molecular flexibility index (Phi) is 0.823. The van der Waals surface area contributed by atoms with Crippen molar-refractivity contribution in [1.29, 1.82) is 0 Å². The van der Waals surface area contributed by atoms with Crippen LogP contribution in [0.25, 0.3) is 0 Å². The zero-order valence-electron chi connectivity index (χ0n) is 4.62. The van der Waals surface area contributed by atoms with Gasteiger partial charge in [-0.1, -0.05) is 0 Å². The first-order chi connectivity index (χ1) is 4.68. The van der Waals surface area contributed by atoms with Crippen molar-refractivity contribution in [2.24, 2.45) is 0 Å². The number of epoxide rings is 1. The SMILES string of the molecule is O=C1OC(=[O+][O-])C2OC12[Si]. The molecule has 10 heavy (non-hydrogen) atoms. The number of esters is 2. The summed E-state index contributed by atoms with van der Waals surface area (Å²) in [5.74, 6) is -0.958. The summed E-state index contributed by atoms with van der Waals surface area (Å²) in [5, 5.41) is 8.62. The molecular weight excluding hydrogens is 156 g/mol. The highest BCUT2D eigenvalue weighted by molar-refractivity contribution is 6.35. The van der Waals surface area contributed by atoms with E-state index in [-0.39, 0.29) is 5.97 Å². The molecule has 0 saturated carbocycles. The van der Waals surface area contributed by atoms with Gasteiger partial charge < -0.3 is 9.99 Å². The number of cyclic esters (lactones) is 2. The molecule has 2 saturated heterocycles. The molecule has 0 N–H and O–H groups in total. The molecule has 51 valence electrons. The lowest BCUT2D eigenvalue weighted by atomic mass is 10.3. The molecule has 0 amide bonds. The third kappa shape index (κ3) is 0.458. The lowest BCUT2D eigenvalue weighted by Crippen LogP contribution is -2.22. The van der Waals surface area contributed by atoms with Gasteiger partial charge in [0.05, 0.1) is 10.2 Å². The summed E-state index contributed by atoms with van der Waals surface area (Å²) in [6.45, 7) is 0. The largest absolute Gasteiger partial charge is 0.588 e. The number of hydrogen-bond acceptors (Lipinski definition) is 4. The zero-order chi connectivity index (χ0) is 7.35. The molecule has 5 nitrogen and oxygen atoms in total. The van der Waals surface area contributed by atoms with Gasteiger partial charge in [0.25, 0.3) is 6.10 Å². The van der Waals surface area contributed by atoms with E-state index in [9.17, 15) is 10.1 Å². The number of fused-ring (bicyclic) bond motifs is 1. The van der Waals surface area contributed by atoms with E-state index in [1.807, 2.05) is 0 Å². The number of carbonyl (C=O) groups is 1. The quantitative estimate of drug-likeness (QED) is 0.0721. The van der Waals surface area contributed by atoms with E-state index in [1.165, 1.54) is 0 Å². The van der Waals surface area contributed by atoms with Crippen LogP contribution in [0.5, 0.6) is 0 Å². The second kappa shape index (κ2) is 1.40. The fraction of sp³-hybridized carbons (Fsp3) is 0.500. The summed E-state index contributed by atoms with van der Waals surface area (Å²) >= 11 is 0. The predicted molar refractivity (Wildman–Crippen MR) is 24.5 cm³/mol. The van der Waals surface area contributed by atoms with Crippen molar-refractivity contribution in [1.82, 2.24) is 0 Å². The standard InChI is InChI=1S/C4HO5Si/c5-3-4(10)1(8-4)2(7-3)9-6/h1H. The molecule has 0 aromatic rings. The van der Waals surface area contributed by atoms with Gasteiger partial charge in [0, 0.05) is 0 Å². The summed E-state index contributed by atoms with van der Waals surface area (Å²) < 4.78 is 12.5. The minimum Gasteiger partial charge on any atom is -0.588 e. The lowest BCUT2D eigenvalue weighted by Gasteiger charge is -1.87. The Morgan fingerprint density at radius 1 is 1.80 bits per heavy atom. The Bertz CT molecular complexity index is 236. The van der Waals surface area contributed by atoms with Crippen molar-refractivity contribution in [3.05, 3.63) is 0 Å². The Balaban J connectivity index is 2.34. The molecule has 2 aliphatic rings. The van der Waals surface area contributed by atoms with Crippen LogP contribution in [-0.2, 0) is 18.8 Å². The maximum atomic E-state index is 10.7. The summed E-state index contributed by atoms with van der Waals surface area (Å²) in [4.78, 5) is 10.7. The van der Waals surface area contributed by atoms with Crippen molar-refractivity contribution < 1.29 is 24.1 Å². The minimum absolute atomic E-state index is 0.319. The predicted octanol–water partition coefficient (Wildman–Crippen LogP) is -2.86. The van der Waals surface area contributed by atoms with Crippen LogP contribution in [0.15, 0.2) is 0 Å². The summed E-state index contributed by atoms with van der Waals surface area (Å²) in [7, 11) is 2.98. The Hall–Kier alpha value is -0.883. The molecule has 3 radical (unpaired) electrons. The summed E-state index contributed by atoms with van der Waals surface area (Å²) in [5.41, 5.74) is 0. The van der Waals surface area contributed by atoms with Crippen molar-refractivity contribution in [3.63, 3.8) is 0 Å². The van der Waals surface area contributed by atoms with Crippen LogP contribution in [0.1, 0.15) is 0 Å². The zero-order valence-corrected chi connectivity index (χ0v) is 5.62. The van der Waals surface area contributed by atoms with Gasteiger partial charge in [0.1, 0.15) is 0 Å². The van der Waals surface area contributed by atoms with Crippen molar-refractivity contribution in [2.45, 2.75) is 11.3 Å². The molecule has 0 aliphatic carbocycles. The highest BCUT2D eigenvalue weighted by Gasteiger charge is 2.78. The van der Waals surface area contributed by atoms with Crippen LogP contribution in [0.2, 0.25) is 0 Å². The van der Waals surface area contributed by atoms with Gasteiger partial charge in [-0.25, -0.2) is 9.53 Å². The fourth-order valence-corrected chi connectivity index (χ4v) is 1.09. The Morgan fingerprint density at radius 2 is 2.50 bits per heavy atom. The molecule has 2 rings (SSSR count). The Morgan fingerprint density at radius 3 is 2.70 bits per heavy atom. The average Bonchev–Trinajstić information content (AvgIpc) is 2.52. The minimum atomic E-state index is -1.13. The smallest absolute Gasteiger partial charge is 0.540 e. The second-order valence-corrected chi connectivity index (χ2v) is 2.77. The van der Waals surface area contributed by atoms with Gasteiger partial charge in [-0.3, -0.25) is 4.58 Å². The number of hydrogen-bond donors (Lipinski definition) is 0. The first kappa shape index (κ1) is 5.87. The molecule has 2 heterocycles. The maximum absolute atomic E-state index is 10.7. The van der Waals surface area contributed by atoms with Gasteiger partial charge in [0.15, 0.2) is 0 Å². The molecule has 0 aromatic heterocycles. The van der Waals surface area contributed by atoms with Crippen LogP contribution >= 0.6 is 0 Å². The highest BCUT2D eigenvalue weighted by Crippen LogP contribution is 2.40. The van der Waals surface area contributed by atoms with Crippen molar-refractivity contribution in [2.75, 3.05) is 0 Å². The highest BCUT2D eigenvalue weighted by atomic mass is 28.1. The number of rotatable bonds is 0. The van der Waals surface area contributed by atoms with Crippen molar-refractivity contribution >= 4 is 22.2 Å². The van der Waals surface area contributed by atoms with Crippen LogP contribution in [0, 0.1) is 0 Å². The Labute approximate surface area is 58.6 Å². The average molecular weight is 157 g/mol. The normalized spacial score (nSPS) is 47.1. The van der Waals surface area contributed by atoms with E-state index in [4.69, 9.17) is 4.74 Å². The van der Waals surface area contributed by atoms with E-state index in [2.05, 4.69) is 19.6 Å². The molecule has 0 spiro atoms. The number of carbonyl (C=O) groups excluding carboxylic acids is 2. The van der Waals surface area contributed by atoms with Crippen LogP contribution < -0.4 is 5.26 Å². The van der Waals surface area contributed by atoms with Crippen LogP contribution in [0.3, 0.4) is 0 Å². The van der Waals surface area contributed by atoms with E-state index >= 15 is 0 Å². The van der Waals surface area contributed by atoms with Crippen molar-refractivity contribution in [3.8, 4) is 0 Å². The lowest BCUT2D eigenvalue weighted by molar-refractivity contribution is -1.05. The maximum Gasteiger partial charge on any atom is 0.540 e. The van der Waals surface area contributed by atoms with E-state index < -0.39 is 17.3 Å². The molecule has 2 atom stereocenters. The van der Waals surface area contributed by atoms with Gasteiger partial charge in [-0.05, 0) is 0 Å². The molecule has 6 heteroatoms. The molecule has 0 aromatic carbocycles. The first-order valence-electron chi connectivity index (χ1n) is 2.50. The van der Waals surface area contributed by atoms with E-state index in [0.29, 0.717) is 0 Å². The monoisotopic (exact) mass is 157 g/mol. The number of ether oxygens (including phenoxy) is 2. The molecule has 2 fully saturated rings. The van der Waals surface area contributed by atoms with Crippen LogP contribution in [0.4, 0.5) is 0 Å². The van der Waals surface area contributed by atoms with E-state index in [1.54, 1.807) is 0 Å². The topological polar surface area (TPSA) is 73.2 Å². The van der Waals surface area contributed by atoms with Gasteiger partial charge in [0.2, 0.25) is 5.22 Å². The third-order valence-corrected chi connectivity index (χ3v) is 1.99. The summed E-state index contributed by atoms with van der Waals surface area (Å²) in [6.07, 6.45) is -0.658. The summed E-state index contributed by atoms with van der Waals surface area (Å²) in [6, 6.07) is 0. The van der Waals surface area contributed by atoms with E-state index in [0.717, 1.165) is 0 Å². The molecule has 0 bridgehead atoms. The van der Waals surface area contributed by atoms with Gasteiger partial charge in [-0.15, -0.1) is 0 Å². The molecular formula is C4HO5Si. The third-order valence-electron chi connectivity index (χ3n) is 1.41. The van der Waals surface area contributed by atoms with Gasteiger partial charge in [-0.2, -0.15) is 0 Å². The second-order valence-electron chi connectivity index (χ2n) is 2.03. The molecule has 2 aliphatic heterocycles. The van der Waals surface area contributed by atoms with Crippen LogP contribution in [-0.4, -0.2) is 33.5 Å². The van der Waals surface area contributed by atoms with Gasteiger partial charge >= 0.3 is 11.9 Å².